The molecule has 4 amide bonds. The van der Waals surface area contributed by atoms with Crippen LogP contribution in [-0.2, 0) is 30.5 Å². The molecule has 13 nitrogen and oxygen atoms in total. The first-order valence-electron chi connectivity index (χ1n) is 18.5. The van der Waals surface area contributed by atoms with Crippen LogP contribution in [0.25, 0.3) is 0 Å². The summed E-state index contributed by atoms with van der Waals surface area (Å²) in [4.78, 5) is 60.3. The Kier molecular flexibility index (Phi) is 13.3. The Bertz CT molecular complexity index is 1880. The highest BCUT2D eigenvalue weighted by molar-refractivity contribution is 5.98. The lowest BCUT2D eigenvalue weighted by molar-refractivity contribution is -0.134. The molecule has 0 spiro atoms. The summed E-state index contributed by atoms with van der Waals surface area (Å²) in [6, 6.07) is 25.1. The maximum Gasteiger partial charge on any atom is 0.408 e. The molecule has 5 rings (SSSR count). The Morgan fingerprint density at radius 1 is 0.873 bits per heavy atom. The number of imidazole rings is 1. The van der Waals surface area contributed by atoms with Gasteiger partial charge in [0.15, 0.2) is 5.82 Å². The maximum atomic E-state index is 14.2. The molecule has 0 bridgehead atoms. The molecule has 13 heteroatoms. The normalized spacial score (nSPS) is 14.7. The van der Waals surface area contributed by atoms with E-state index in [2.05, 4.69) is 33.1 Å². The zero-order valence-electron chi connectivity index (χ0n) is 32.4. The number of anilines is 1. The third-order valence-corrected chi connectivity index (χ3v) is 9.29. The van der Waals surface area contributed by atoms with E-state index >= 15 is 0 Å². The lowest BCUT2D eigenvalue weighted by Gasteiger charge is -2.35. The summed E-state index contributed by atoms with van der Waals surface area (Å²) in [5, 5.41) is 8.08. The minimum Gasteiger partial charge on any atom is -0.497 e. The van der Waals surface area contributed by atoms with Gasteiger partial charge in [-0.25, -0.2) is 9.78 Å². The van der Waals surface area contributed by atoms with Gasteiger partial charge in [-0.3, -0.25) is 14.4 Å². The number of piperidine rings is 1. The van der Waals surface area contributed by atoms with Crippen LogP contribution >= 0.6 is 0 Å². The molecule has 4 aromatic rings. The summed E-state index contributed by atoms with van der Waals surface area (Å²) in [6.45, 7) is 9.40. The second-order valence-electron chi connectivity index (χ2n) is 15.2. The van der Waals surface area contributed by atoms with Crippen LogP contribution in [0.4, 0.5) is 10.6 Å². The van der Waals surface area contributed by atoms with Gasteiger partial charge in [-0.2, -0.15) is 0 Å². The molecule has 1 fully saturated rings. The Morgan fingerprint density at radius 2 is 1.51 bits per heavy atom. The molecule has 1 unspecified atom stereocenters. The number of methoxy groups -OCH3 is 1. The first-order chi connectivity index (χ1) is 26.2. The standard InChI is InChI=1S/C42H52N6O7/c1-41(2,3)55-40(52)46-42(4,5)39(51)44-34(27-54-26-29-13-9-7-10-14-29)37(49)45-35-25-48(28-43-35)36(32-15-11-8-12-16-32)38(50)47-23-21-31(22-24-47)30-17-19-33(53-6)20-18-30/h7-20,25,28,31,34,36H,21-24,26-27H2,1-6H3,(H,44,51)(H,45,49)(H,46,52)/t34-,36?/m1/s1. The van der Waals surface area contributed by atoms with Crippen molar-refractivity contribution in [2.75, 3.05) is 32.1 Å². The molecule has 292 valence electrons. The van der Waals surface area contributed by atoms with Gasteiger partial charge in [0.05, 0.1) is 26.7 Å². The summed E-state index contributed by atoms with van der Waals surface area (Å²) in [7, 11) is 1.65. The van der Waals surface area contributed by atoms with Gasteiger partial charge < -0.3 is 39.6 Å². The van der Waals surface area contributed by atoms with Crippen molar-refractivity contribution in [2.45, 2.75) is 83.2 Å². The SMILES string of the molecule is COc1ccc(C2CCN(C(=O)C(c3ccccc3)n3cnc(NC(=O)[C@@H](COCc4ccccc4)NC(=O)C(C)(C)NC(=O)OC(C)(C)C)c3)CC2)cc1. The van der Waals surface area contributed by atoms with E-state index in [9.17, 15) is 19.2 Å². The van der Waals surface area contributed by atoms with E-state index in [1.54, 1.807) is 38.6 Å². The number of hydrogen-bond acceptors (Lipinski definition) is 8. The van der Waals surface area contributed by atoms with E-state index in [0.29, 0.717) is 19.0 Å². The van der Waals surface area contributed by atoms with Gasteiger partial charge in [0.2, 0.25) is 11.8 Å². The van der Waals surface area contributed by atoms with Crippen LogP contribution in [0.3, 0.4) is 0 Å². The fraction of sp³-hybridized carbons (Fsp3) is 0.405. The van der Waals surface area contributed by atoms with E-state index in [1.165, 1.54) is 25.7 Å². The second-order valence-corrected chi connectivity index (χ2v) is 15.2. The van der Waals surface area contributed by atoms with Gasteiger partial charge in [-0.1, -0.05) is 72.8 Å². The van der Waals surface area contributed by atoms with Crippen LogP contribution in [-0.4, -0.2) is 82.3 Å². The van der Waals surface area contributed by atoms with Crippen molar-refractivity contribution >= 4 is 29.6 Å². The molecule has 0 saturated carbocycles. The van der Waals surface area contributed by atoms with E-state index in [4.69, 9.17) is 14.2 Å². The number of alkyl carbamates (subject to hydrolysis) is 1. The zero-order valence-corrected chi connectivity index (χ0v) is 32.4. The van der Waals surface area contributed by atoms with Crippen molar-refractivity contribution in [3.63, 3.8) is 0 Å². The van der Waals surface area contributed by atoms with Crippen LogP contribution in [0.2, 0.25) is 0 Å². The number of likely N-dealkylation sites (tertiary alicyclic amines) is 1. The molecule has 3 N–H and O–H groups in total. The Labute approximate surface area is 322 Å². The second kappa shape index (κ2) is 18.1. The van der Waals surface area contributed by atoms with Crippen molar-refractivity contribution < 1.29 is 33.4 Å². The highest BCUT2D eigenvalue weighted by Gasteiger charge is 2.35. The van der Waals surface area contributed by atoms with Gasteiger partial charge >= 0.3 is 6.09 Å². The van der Waals surface area contributed by atoms with Crippen molar-refractivity contribution in [2.24, 2.45) is 0 Å². The molecule has 2 atom stereocenters. The molecule has 55 heavy (non-hydrogen) atoms. The number of ether oxygens (including phenoxy) is 3. The lowest BCUT2D eigenvalue weighted by Crippen LogP contribution is -2.59. The number of hydrogen-bond donors (Lipinski definition) is 3. The molecule has 1 aliphatic heterocycles. The smallest absolute Gasteiger partial charge is 0.408 e. The number of nitrogens with one attached hydrogen (secondary N) is 3. The summed E-state index contributed by atoms with van der Waals surface area (Å²) in [6.07, 6.45) is 4.00. The highest BCUT2D eigenvalue weighted by Crippen LogP contribution is 2.31. The first-order valence-corrected chi connectivity index (χ1v) is 18.5. The Balaban J connectivity index is 1.29. The van der Waals surface area contributed by atoms with Crippen molar-refractivity contribution in [3.05, 3.63) is 114 Å². The third kappa shape index (κ3) is 11.4. The van der Waals surface area contributed by atoms with Gasteiger partial charge in [0, 0.05) is 19.3 Å². The summed E-state index contributed by atoms with van der Waals surface area (Å²) in [5.41, 5.74) is 0.686. The number of aromatic nitrogens is 2. The molecule has 3 aromatic carbocycles. The molecule has 1 aromatic heterocycles. The van der Waals surface area contributed by atoms with Gasteiger partial charge in [-0.15, -0.1) is 0 Å². The minimum absolute atomic E-state index is 0.0752. The average molecular weight is 753 g/mol. The van der Waals surface area contributed by atoms with E-state index < -0.39 is 41.1 Å². The number of carbonyl (C=O) groups excluding carboxylic acids is 4. The van der Waals surface area contributed by atoms with Crippen LogP contribution in [0.15, 0.2) is 97.5 Å². The van der Waals surface area contributed by atoms with Crippen LogP contribution < -0.4 is 20.7 Å². The molecular weight excluding hydrogens is 700 g/mol. The monoisotopic (exact) mass is 752 g/mol. The highest BCUT2D eigenvalue weighted by atomic mass is 16.6. The number of amides is 4. The first kappa shape index (κ1) is 40.5. The Hall–Kier alpha value is -5.69. The molecular formula is C42H52N6O7. The predicted molar refractivity (Wildman–Crippen MR) is 208 cm³/mol. The van der Waals surface area contributed by atoms with Crippen molar-refractivity contribution in [3.8, 4) is 5.75 Å². The number of benzene rings is 3. The summed E-state index contributed by atoms with van der Waals surface area (Å²) in [5.74, 6) is 0.0372. The van der Waals surface area contributed by atoms with Crippen LogP contribution in [0, 0.1) is 0 Å². The van der Waals surface area contributed by atoms with Gasteiger partial charge in [0.1, 0.15) is 29.0 Å². The largest absolute Gasteiger partial charge is 0.497 e. The van der Waals surface area contributed by atoms with Gasteiger partial charge in [-0.05, 0) is 82.2 Å². The summed E-state index contributed by atoms with van der Waals surface area (Å²) < 4.78 is 18.2. The lowest BCUT2D eigenvalue weighted by atomic mass is 9.89. The van der Waals surface area contributed by atoms with Crippen molar-refractivity contribution in [1.29, 1.82) is 0 Å². The van der Waals surface area contributed by atoms with E-state index in [-0.39, 0.29) is 24.9 Å². The fourth-order valence-electron chi connectivity index (χ4n) is 6.32. The van der Waals surface area contributed by atoms with Gasteiger partial charge in [0.25, 0.3) is 5.91 Å². The van der Waals surface area contributed by atoms with Crippen molar-refractivity contribution in [1.82, 2.24) is 25.1 Å². The maximum absolute atomic E-state index is 14.2. The molecule has 0 radical (unpaired) electrons. The fourth-order valence-corrected chi connectivity index (χ4v) is 6.32. The predicted octanol–water partition coefficient (Wildman–Crippen LogP) is 5.83. The van der Waals surface area contributed by atoms with Crippen LogP contribution in [0.1, 0.15) is 76.1 Å². The topological polar surface area (TPSA) is 153 Å². The minimum atomic E-state index is -1.44. The van der Waals surface area contributed by atoms with Crippen LogP contribution in [0.5, 0.6) is 5.75 Å². The quantitative estimate of drug-likeness (QED) is 0.146. The molecule has 1 aliphatic rings. The molecule has 2 heterocycles. The Morgan fingerprint density at radius 3 is 2.13 bits per heavy atom. The molecule has 1 saturated heterocycles. The number of rotatable bonds is 14. The van der Waals surface area contributed by atoms with E-state index in [0.717, 1.165) is 29.7 Å². The average Bonchev–Trinajstić information content (AvgIpc) is 3.61. The summed E-state index contributed by atoms with van der Waals surface area (Å²) >= 11 is 0. The number of carbonyl (C=O) groups is 4. The molecule has 0 aliphatic carbocycles. The third-order valence-electron chi connectivity index (χ3n) is 9.29. The van der Waals surface area contributed by atoms with E-state index in [1.807, 2.05) is 77.7 Å². The zero-order chi connectivity index (χ0) is 39.6. The number of nitrogens with zero attached hydrogens (tertiary/aromatic N) is 3.